The first-order chi connectivity index (χ1) is 9.20. The molecule has 1 aromatic carbocycles. The summed E-state index contributed by atoms with van der Waals surface area (Å²) < 4.78 is 0. The molecule has 2 rings (SSSR count). The Hall–Kier alpha value is -0.860. The van der Waals surface area contributed by atoms with Crippen LogP contribution in [0.5, 0.6) is 0 Å². The van der Waals surface area contributed by atoms with Crippen LogP contribution < -0.4 is 5.32 Å². The lowest BCUT2D eigenvalue weighted by molar-refractivity contribution is 0.153. The summed E-state index contributed by atoms with van der Waals surface area (Å²) in [7, 11) is 0. The SMILES string of the molecule is CCC1CCN(C(C)c2ccccc2)CC(C)CN1. The number of nitrogens with zero attached hydrogens (tertiary/aromatic N) is 1. The van der Waals surface area contributed by atoms with Gasteiger partial charge in [0.15, 0.2) is 0 Å². The van der Waals surface area contributed by atoms with E-state index >= 15 is 0 Å². The van der Waals surface area contributed by atoms with Crippen LogP contribution in [-0.2, 0) is 0 Å². The molecule has 2 heteroatoms. The minimum atomic E-state index is 0.527. The van der Waals surface area contributed by atoms with E-state index in [9.17, 15) is 0 Å². The van der Waals surface area contributed by atoms with E-state index in [1.807, 2.05) is 0 Å². The monoisotopic (exact) mass is 260 g/mol. The first-order valence-electron chi connectivity index (χ1n) is 7.73. The Balaban J connectivity index is 2.04. The predicted octanol–water partition coefficient (Wildman–Crippen LogP) is 3.46. The van der Waals surface area contributed by atoms with Crippen molar-refractivity contribution in [1.29, 1.82) is 0 Å². The first kappa shape index (κ1) is 14.5. The summed E-state index contributed by atoms with van der Waals surface area (Å²) in [6, 6.07) is 12.1. The quantitative estimate of drug-likeness (QED) is 0.895. The van der Waals surface area contributed by atoms with Gasteiger partial charge >= 0.3 is 0 Å². The van der Waals surface area contributed by atoms with Crippen molar-refractivity contribution in [3.05, 3.63) is 35.9 Å². The summed E-state index contributed by atoms with van der Waals surface area (Å²) >= 11 is 0. The van der Waals surface area contributed by atoms with E-state index in [0.717, 1.165) is 12.5 Å². The zero-order valence-electron chi connectivity index (χ0n) is 12.6. The Morgan fingerprint density at radius 1 is 1.32 bits per heavy atom. The molecule has 2 nitrogen and oxygen atoms in total. The normalized spacial score (nSPS) is 27.5. The molecular weight excluding hydrogens is 232 g/mol. The lowest BCUT2D eigenvalue weighted by atomic mass is 10.0. The standard InChI is InChI=1S/C17H28N2/c1-4-17-10-11-19(13-14(2)12-18-17)15(3)16-8-6-5-7-9-16/h5-9,14-15,17-18H,4,10-13H2,1-3H3. The number of hydrogen-bond donors (Lipinski definition) is 1. The average Bonchev–Trinajstić information content (AvgIpc) is 2.43. The molecule has 1 aromatic rings. The minimum Gasteiger partial charge on any atom is -0.314 e. The molecule has 1 aliphatic heterocycles. The van der Waals surface area contributed by atoms with Crippen LogP contribution >= 0.6 is 0 Å². The van der Waals surface area contributed by atoms with Gasteiger partial charge in [-0.2, -0.15) is 0 Å². The van der Waals surface area contributed by atoms with Crippen LogP contribution in [0.4, 0.5) is 0 Å². The third kappa shape index (κ3) is 4.05. The number of benzene rings is 1. The number of hydrogen-bond acceptors (Lipinski definition) is 2. The first-order valence-corrected chi connectivity index (χ1v) is 7.73. The third-order valence-corrected chi connectivity index (χ3v) is 4.39. The fourth-order valence-corrected chi connectivity index (χ4v) is 2.99. The maximum atomic E-state index is 3.69. The van der Waals surface area contributed by atoms with Gasteiger partial charge in [-0.05, 0) is 37.8 Å². The van der Waals surface area contributed by atoms with Crippen LogP contribution in [-0.4, -0.2) is 30.6 Å². The van der Waals surface area contributed by atoms with Gasteiger partial charge < -0.3 is 5.32 Å². The Morgan fingerprint density at radius 2 is 2.05 bits per heavy atom. The van der Waals surface area contributed by atoms with E-state index in [-0.39, 0.29) is 0 Å². The molecule has 0 spiro atoms. The highest BCUT2D eigenvalue weighted by molar-refractivity contribution is 5.18. The van der Waals surface area contributed by atoms with Crippen molar-refractivity contribution < 1.29 is 0 Å². The average molecular weight is 260 g/mol. The Kier molecular flexibility index (Phi) is 5.41. The predicted molar refractivity (Wildman–Crippen MR) is 82.3 cm³/mol. The highest BCUT2D eigenvalue weighted by Gasteiger charge is 2.22. The second-order valence-electron chi connectivity index (χ2n) is 5.99. The van der Waals surface area contributed by atoms with E-state index in [1.54, 1.807) is 0 Å². The smallest absolute Gasteiger partial charge is 0.0320 e. The summed E-state index contributed by atoms with van der Waals surface area (Å²) in [4.78, 5) is 2.66. The molecule has 106 valence electrons. The maximum absolute atomic E-state index is 3.69. The van der Waals surface area contributed by atoms with Crippen molar-refractivity contribution in [2.45, 2.75) is 45.7 Å². The summed E-state index contributed by atoms with van der Waals surface area (Å²) in [5, 5.41) is 3.69. The molecule has 0 aliphatic carbocycles. The summed E-state index contributed by atoms with van der Waals surface area (Å²) in [6.45, 7) is 10.5. The lowest BCUT2D eigenvalue weighted by Crippen LogP contribution is -2.44. The molecule has 1 N–H and O–H groups in total. The van der Waals surface area contributed by atoms with E-state index < -0.39 is 0 Å². The second-order valence-corrected chi connectivity index (χ2v) is 5.99. The molecule has 19 heavy (non-hydrogen) atoms. The zero-order chi connectivity index (χ0) is 13.7. The largest absolute Gasteiger partial charge is 0.314 e. The van der Waals surface area contributed by atoms with Crippen LogP contribution in [0.25, 0.3) is 0 Å². The van der Waals surface area contributed by atoms with Gasteiger partial charge in [-0.3, -0.25) is 4.90 Å². The van der Waals surface area contributed by atoms with Crippen molar-refractivity contribution in [1.82, 2.24) is 10.2 Å². The van der Waals surface area contributed by atoms with Gasteiger partial charge in [-0.25, -0.2) is 0 Å². The topological polar surface area (TPSA) is 15.3 Å². The van der Waals surface area contributed by atoms with Crippen molar-refractivity contribution in [3.8, 4) is 0 Å². The Morgan fingerprint density at radius 3 is 2.74 bits per heavy atom. The van der Waals surface area contributed by atoms with Crippen molar-refractivity contribution >= 4 is 0 Å². The van der Waals surface area contributed by atoms with Crippen LogP contribution in [0.3, 0.4) is 0 Å². The number of nitrogens with one attached hydrogen (secondary N) is 1. The van der Waals surface area contributed by atoms with E-state index in [2.05, 4.69) is 61.3 Å². The van der Waals surface area contributed by atoms with Gasteiger partial charge in [-0.1, -0.05) is 44.2 Å². The molecule has 1 aliphatic rings. The second kappa shape index (κ2) is 7.06. The molecule has 0 aromatic heterocycles. The van der Waals surface area contributed by atoms with Gasteiger partial charge in [0.1, 0.15) is 0 Å². The summed E-state index contributed by atoms with van der Waals surface area (Å²) in [5.74, 6) is 0.723. The Labute approximate surface area is 118 Å². The molecule has 1 saturated heterocycles. The van der Waals surface area contributed by atoms with Crippen molar-refractivity contribution in [2.24, 2.45) is 5.92 Å². The highest BCUT2D eigenvalue weighted by Crippen LogP contribution is 2.22. The molecule has 0 amide bonds. The Bertz CT molecular complexity index is 363. The number of rotatable bonds is 3. The van der Waals surface area contributed by atoms with Crippen LogP contribution in [0, 0.1) is 5.92 Å². The lowest BCUT2D eigenvalue weighted by Gasteiger charge is -2.36. The minimum absolute atomic E-state index is 0.527. The van der Waals surface area contributed by atoms with Crippen LogP contribution in [0.2, 0.25) is 0 Å². The van der Waals surface area contributed by atoms with Gasteiger partial charge in [0.25, 0.3) is 0 Å². The van der Waals surface area contributed by atoms with Crippen LogP contribution in [0.15, 0.2) is 30.3 Å². The molecule has 3 unspecified atom stereocenters. The maximum Gasteiger partial charge on any atom is 0.0320 e. The van der Waals surface area contributed by atoms with Gasteiger partial charge in [0.2, 0.25) is 0 Å². The third-order valence-electron chi connectivity index (χ3n) is 4.39. The van der Waals surface area contributed by atoms with E-state index in [1.165, 1.54) is 31.5 Å². The van der Waals surface area contributed by atoms with Crippen molar-refractivity contribution in [2.75, 3.05) is 19.6 Å². The highest BCUT2D eigenvalue weighted by atomic mass is 15.2. The van der Waals surface area contributed by atoms with Gasteiger partial charge in [0.05, 0.1) is 0 Å². The molecular formula is C17H28N2. The molecule has 0 saturated carbocycles. The fraction of sp³-hybridized carbons (Fsp3) is 0.647. The van der Waals surface area contributed by atoms with E-state index in [4.69, 9.17) is 0 Å². The fourth-order valence-electron chi connectivity index (χ4n) is 2.99. The van der Waals surface area contributed by atoms with E-state index in [0.29, 0.717) is 12.1 Å². The molecule has 1 heterocycles. The summed E-state index contributed by atoms with van der Waals surface area (Å²) in [5.41, 5.74) is 1.44. The summed E-state index contributed by atoms with van der Waals surface area (Å²) in [6.07, 6.45) is 2.50. The molecule has 0 radical (unpaired) electrons. The van der Waals surface area contributed by atoms with Crippen LogP contribution in [0.1, 0.15) is 45.2 Å². The van der Waals surface area contributed by atoms with Crippen molar-refractivity contribution in [3.63, 3.8) is 0 Å². The zero-order valence-corrected chi connectivity index (χ0v) is 12.6. The van der Waals surface area contributed by atoms with Gasteiger partial charge in [-0.15, -0.1) is 0 Å². The molecule has 3 atom stereocenters. The molecule has 1 fully saturated rings. The molecule has 0 bridgehead atoms. The van der Waals surface area contributed by atoms with Gasteiger partial charge in [0, 0.05) is 25.2 Å².